The van der Waals surface area contributed by atoms with Crippen molar-refractivity contribution in [3.63, 3.8) is 0 Å². The van der Waals surface area contributed by atoms with E-state index in [2.05, 4.69) is 28.7 Å². The second-order valence-corrected chi connectivity index (χ2v) is 7.89. The summed E-state index contributed by atoms with van der Waals surface area (Å²) in [4.78, 5) is 23.2. The van der Waals surface area contributed by atoms with Gasteiger partial charge in [0.2, 0.25) is 5.91 Å². The third-order valence-corrected chi connectivity index (χ3v) is 5.66. The summed E-state index contributed by atoms with van der Waals surface area (Å²) in [7, 11) is 0. The van der Waals surface area contributed by atoms with Gasteiger partial charge in [-0.15, -0.1) is 12.3 Å². The quantitative estimate of drug-likeness (QED) is 0.200. The van der Waals surface area contributed by atoms with Gasteiger partial charge in [-0.2, -0.15) is 0 Å². The van der Waals surface area contributed by atoms with Crippen LogP contribution in [-0.4, -0.2) is 47.3 Å². The van der Waals surface area contributed by atoms with Gasteiger partial charge in [0.15, 0.2) is 0 Å². The summed E-state index contributed by atoms with van der Waals surface area (Å²) in [6.45, 7) is 1.19. The maximum absolute atomic E-state index is 12.2. The van der Waals surface area contributed by atoms with Crippen LogP contribution in [0.5, 0.6) is 0 Å². The zero-order valence-corrected chi connectivity index (χ0v) is 17.0. The number of carbonyl (C=O) groups is 2. The van der Waals surface area contributed by atoms with Crippen LogP contribution in [0.2, 0.25) is 0 Å². The van der Waals surface area contributed by atoms with Crippen molar-refractivity contribution in [3.05, 3.63) is 12.2 Å². The molecular weight excluding hydrogens is 376 g/mol. The number of carbonyl (C=O) groups excluding carboxylic acids is 1. The summed E-state index contributed by atoms with van der Waals surface area (Å²) in [5.74, 6) is 2.40. The van der Waals surface area contributed by atoms with Crippen LogP contribution in [0, 0.1) is 24.2 Å². The van der Waals surface area contributed by atoms with Gasteiger partial charge in [-0.1, -0.05) is 24.4 Å². The molecule has 28 heavy (non-hydrogen) atoms. The van der Waals surface area contributed by atoms with Crippen LogP contribution in [0.4, 0.5) is 0 Å². The van der Waals surface area contributed by atoms with Gasteiger partial charge in [0, 0.05) is 31.8 Å². The van der Waals surface area contributed by atoms with Crippen molar-refractivity contribution >= 4 is 29.1 Å². The van der Waals surface area contributed by atoms with Crippen molar-refractivity contribution in [1.29, 1.82) is 0 Å². The van der Waals surface area contributed by atoms with Gasteiger partial charge in [0.25, 0.3) is 0 Å². The summed E-state index contributed by atoms with van der Waals surface area (Å²) < 4.78 is 6.07. The second-order valence-electron chi connectivity index (χ2n) is 7.40. The lowest BCUT2D eigenvalue weighted by molar-refractivity contribution is -0.137. The number of carboxylic acid groups (broad SMARTS) is 1. The van der Waals surface area contributed by atoms with Gasteiger partial charge in [-0.3, -0.25) is 9.59 Å². The van der Waals surface area contributed by atoms with Crippen LogP contribution in [-0.2, 0) is 14.3 Å². The maximum atomic E-state index is 12.2. The normalized spacial score (nSPS) is 25.5. The zero-order valence-electron chi connectivity index (χ0n) is 16.2. The van der Waals surface area contributed by atoms with E-state index >= 15 is 0 Å². The van der Waals surface area contributed by atoms with Gasteiger partial charge in [-0.25, -0.2) is 0 Å². The largest absolute Gasteiger partial charge is 0.481 e. The van der Waals surface area contributed by atoms with Gasteiger partial charge in [-0.05, 0) is 38.0 Å². The van der Waals surface area contributed by atoms with Crippen molar-refractivity contribution in [3.8, 4) is 12.3 Å². The van der Waals surface area contributed by atoms with Crippen molar-refractivity contribution in [1.82, 2.24) is 10.6 Å². The van der Waals surface area contributed by atoms with E-state index in [0.29, 0.717) is 42.8 Å². The Morgan fingerprint density at radius 3 is 2.68 bits per heavy atom. The summed E-state index contributed by atoms with van der Waals surface area (Å²) in [6, 6.07) is 0. The molecule has 0 aromatic heterocycles. The number of unbranched alkanes of at least 4 members (excludes halogenated alkanes) is 1. The second kappa shape index (κ2) is 11.8. The average molecular weight is 407 g/mol. The first-order chi connectivity index (χ1) is 13.5. The number of allylic oxidation sites excluding steroid dienone is 2. The molecule has 4 atom stereocenters. The number of carboxylic acids is 1. The monoisotopic (exact) mass is 406 g/mol. The number of thiocarbonyl (C=S) groups is 1. The highest BCUT2D eigenvalue weighted by Crippen LogP contribution is 2.44. The van der Waals surface area contributed by atoms with Gasteiger partial charge in [0.05, 0.1) is 23.6 Å². The molecule has 0 saturated carbocycles. The Bertz CT molecular complexity index is 628. The standard InChI is InChI=1S/C21H30N2O4S/c1-2-3-12-22-20(28)13-19(24)23-14-16-15(17-10-11-18(16)27-17)8-6-4-5-7-9-21(25)26/h1,4,6,15-18H,3,5,7-14H2,(H,22,28)(H,23,24)(H,25,26)/t15-,16+,17-,18+/m1/s1. The van der Waals surface area contributed by atoms with E-state index in [1.54, 1.807) is 0 Å². The number of fused-ring (bicyclic) bond motifs is 2. The van der Waals surface area contributed by atoms with Crippen molar-refractivity contribution in [2.24, 2.45) is 11.8 Å². The van der Waals surface area contributed by atoms with Crippen molar-refractivity contribution < 1.29 is 19.4 Å². The molecular formula is C21H30N2O4S. The summed E-state index contributed by atoms with van der Waals surface area (Å²) in [6.07, 6.45) is 15.3. The summed E-state index contributed by atoms with van der Waals surface area (Å²) >= 11 is 5.17. The van der Waals surface area contributed by atoms with E-state index in [-0.39, 0.29) is 31.0 Å². The predicted octanol–water partition coefficient (Wildman–Crippen LogP) is 2.43. The fourth-order valence-corrected chi connectivity index (χ4v) is 4.23. The Morgan fingerprint density at radius 2 is 1.96 bits per heavy atom. The zero-order chi connectivity index (χ0) is 20.4. The summed E-state index contributed by atoms with van der Waals surface area (Å²) in [5, 5.41) is 14.7. The van der Waals surface area contributed by atoms with E-state index in [4.69, 9.17) is 28.5 Å². The SMILES string of the molecule is C#CCCNC(=S)CC(=O)NC[C@H]1[C@@H](CC=CCCCC(=O)O)[C@H]2CC[C@@H]1O2. The molecule has 2 heterocycles. The average Bonchev–Trinajstić information content (AvgIpc) is 3.24. The Morgan fingerprint density at radius 1 is 1.21 bits per heavy atom. The van der Waals surface area contributed by atoms with Crippen LogP contribution in [0.3, 0.4) is 0 Å². The van der Waals surface area contributed by atoms with E-state index in [9.17, 15) is 9.59 Å². The first kappa shape index (κ1) is 22.4. The first-order valence-electron chi connectivity index (χ1n) is 10.0. The van der Waals surface area contributed by atoms with Crippen LogP contribution in [0.15, 0.2) is 12.2 Å². The Hall–Kier alpha value is -1.91. The molecule has 0 radical (unpaired) electrons. The number of terminal acetylenes is 1. The molecule has 2 aliphatic rings. The molecule has 2 rings (SSSR count). The third-order valence-electron chi connectivity index (χ3n) is 5.37. The Balaban J connectivity index is 1.72. The fourth-order valence-electron chi connectivity index (χ4n) is 4.00. The van der Waals surface area contributed by atoms with E-state index in [1.165, 1.54) is 0 Å². The lowest BCUT2D eigenvalue weighted by Crippen LogP contribution is -2.39. The smallest absolute Gasteiger partial charge is 0.303 e. The Kier molecular flexibility index (Phi) is 9.45. The molecule has 0 aliphatic carbocycles. The molecule has 1 amide bonds. The highest BCUT2D eigenvalue weighted by molar-refractivity contribution is 7.80. The highest BCUT2D eigenvalue weighted by Gasteiger charge is 2.47. The molecule has 6 nitrogen and oxygen atoms in total. The molecule has 0 aromatic carbocycles. The maximum Gasteiger partial charge on any atom is 0.303 e. The number of ether oxygens (including phenoxy) is 1. The third kappa shape index (κ3) is 7.25. The predicted molar refractivity (Wildman–Crippen MR) is 112 cm³/mol. The number of hydrogen-bond acceptors (Lipinski definition) is 4. The number of aliphatic carboxylic acids is 1. The molecule has 0 spiro atoms. The van der Waals surface area contributed by atoms with Crippen LogP contribution in [0.1, 0.15) is 51.4 Å². The topological polar surface area (TPSA) is 87.7 Å². The minimum Gasteiger partial charge on any atom is -0.481 e. The van der Waals surface area contributed by atoms with Gasteiger partial charge < -0.3 is 20.5 Å². The van der Waals surface area contributed by atoms with Gasteiger partial charge >= 0.3 is 5.97 Å². The molecule has 0 unspecified atom stereocenters. The molecule has 2 aliphatic heterocycles. The molecule has 3 N–H and O–H groups in total. The first-order valence-corrected chi connectivity index (χ1v) is 10.4. The van der Waals surface area contributed by atoms with Crippen LogP contribution >= 0.6 is 12.2 Å². The van der Waals surface area contributed by atoms with Crippen molar-refractivity contribution in [2.45, 2.75) is 63.6 Å². The Labute approximate surface area is 172 Å². The molecule has 2 fully saturated rings. The number of nitrogens with one attached hydrogen (secondary N) is 2. The minimum absolute atomic E-state index is 0.0797. The molecule has 2 bridgehead atoms. The summed E-state index contributed by atoms with van der Waals surface area (Å²) in [5.41, 5.74) is 0. The fraction of sp³-hybridized carbons (Fsp3) is 0.667. The van der Waals surface area contributed by atoms with E-state index in [0.717, 1.165) is 25.7 Å². The number of amides is 1. The van der Waals surface area contributed by atoms with Crippen molar-refractivity contribution in [2.75, 3.05) is 13.1 Å². The highest BCUT2D eigenvalue weighted by atomic mass is 32.1. The van der Waals surface area contributed by atoms with E-state index < -0.39 is 5.97 Å². The lowest BCUT2D eigenvalue weighted by atomic mass is 9.77. The number of hydrogen-bond donors (Lipinski definition) is 3. The molecule has 0 aromatic rings. The molecule has 7 heteroatoms. The molecule has 2 saturated heterocycles. The van der Waals surface area contributed by atoms with Gasteiger partial charge in [0.1, 0.15) is 0 Å². The lowest BCUT2D eigenvalue weighted by Gasteiger charge is -2.27. The minimum atomic E-state index is -0.753. The number of rotatable bonds is 12. The van der Waals surface area contributed by atoms with Crippen LogP contribution in [0.25, 0.3) is 0 Å². The van der Waals surface area contributed by atoms with E-state index in [1.807, 2.05) is 0 Å². The molecule has 154 valence electrons. The van der Waals surface area contributed by atoms with Crippen LogP contribution < -0.4 is 10.6 Å².